The van der Waals surface area contributed by atoms with Gasteiger partial charge in [0.05, 0.1) is 18.8 Å². The first-order valence-corrected chi connectivity index (χ1v) is 6.70. The standard InChI is InChI=1S/C15H21N3O/c1-4-19-15-7-5-13(6-8-15)16-11-14-9-10-18(17-14)12(2)3/h5-10,12,16H,4,11H2,1-3H3. The van der Waals surface area contributed by atoms with E-state index in [-0.39, 0.29) is 0 Å². The molecule has 1 aromatic carbocycles. The minimum absolute atomic E-state index is 0.402. The van der Waals surface area contributed by atoms with Gasteiger partial charge in [-0.3, -0.25) is 4.68 Å². The lowest BCUT2D eigenvalue weighted by Gasteiger charge is -2.07. The van der Waals surface area contributed by atoms with Crippen LogP contribution in [0.25, 0.3) is 0 Å². The molecule has 1 N–H and O–H groups in total. The first kappa shape index (κ1) is 13.5. The SMILES string of the molecule is CCOc1ccc(NCc2ccn(C(C)C)n2)cc1. The summed E-state index contributed by atoms with van der Waals surface area (Å²) >= 11 is 0. The number of benzene rings is 1. The van der Waals surface area contributed by atoms with Gasteiger partial charge < -0.3 is 10.1 Å². The van der Waals surface area contributed by atoms with Gasteiger partial charge in [-0.15, -0.1) is 0 Å². The molecule has 0 spiro atoms. The van der Waals surface area contributed by atoms with Crippen molar-refractivity contribution in [2.75, 3.05) is 11.9 Å². The highest BCUT2D eigenvalue weighted by molar-refractivity contribution is 5.46. The van der Waals surface area contributed by atoms with Gasteiger partial charge >= 0.3 is 0 Å². The van der Waals surface area contributed by atoms with Gasteiger partial charge in [0.1, 0.15) is 5.75 Å². The highest BCUT2D eigenvalue weighted by Gasteiger charge is 2.02. The summed E-state index contributed by atoms with van der Waals surface area (Å²) in [6.45, 7) is 7.65. The van der Waals surface area contributed by atoms with E-state index in [1.54, 1.807) is 0 Å². The summed E-state index contributed by atoms with van der Waals surface area (Å²) < 4.78 is 7.38. The maximum Gasteiger partial charge on any atom is 0.119 e. The van der Waals surface area contributed by atoms with Gasteiger partial charge in [0.2, 0.25) is 0 Å². The molecule has 1 aromatic heterocycles. The first-order valence-electron chi connectivity index (χ1n) is 6.70. The summed E-state index contributed by atoms with van der Waals surface area (Å²) in [6.07, 6.45) is 2.01. The molecule has 0 aliphatic carbocycles. The van der Waals surface area contributed by atoms with Crippen LogP contribution in [-0.2, 0) is 6.54 Å². The molecule has 0 radical (unpaired) electrons. The summed E-state index contributed by atoms with van der Waals surface area (Å²) in [6, 6.07) is 10.4. The van der Waals surface area contributed by atoms with Crippen LogP contribution in [-0.4, -0.2) is 16.4 Å². The Bertz CT molecular complexity index is 502. The fourth-order valence-electron chi connectivity index (χ4n) is 1.79. The quantitative estimate of drug-likeness (QED) is 0.863. The van der Waals surface area contributed by atoms with Crippen LogP contribution in [0.5, 0.6) is 5.75 Å². The molecular weight excluding hydrogens is 238 g/mol. The Morgan fingerprint density at radius 1 is 1.21 bits per heavy atom. The molecule has 0 saturated carbocycles. The number of aromatic nitrogens is 2. The van der Waals surface area contributed by atoms with E-state index in [1.165, 1.54) is 0 Å². The van der Waals surface area contributed by atoms with Crippen LogP contribution in [0.2, 0.25) is 0 Å². The number of ether oxygens (including phenoxy) is 1. The summed E-state index contributed by atoms with van der Waals surface area (Å²) in [4.78, 5) is 0. The average molecular weight is 259 g/mol. The second kappa shape index (κ2) is 6.27. The van der Waals surface area contributed by atoms with E-state index >= 15 is 0 Å². The maximum atomic E-state index is 5.41. The van der Waals surface area contributed by atoms with Gasteiger partial charge in [-0.25, -0.2) is 0 Å². The summed E-state index contributed by atoms with van der Waals surface area (Å²) in [5.74, 6) is 0.900. The minimum atomic E-state index is 0.402. The number of rotatable bonds is 6. The van der Waals surface area contributed by atoms with Crippen LogP contribution in [0.1, 0.15) is 32.5 Å². The minimum Gasteiger partial charge on any atom is -0.494 e. The van der Waals surface area contributed by atoms with E-state index in [9.17, 15) is 0 Å². The smallest absolute Gasteiger partial charge is 0.119 e. The van der Waals surface area contributed by atoms with Crippen molar-refractivity contribution >= 4 is 5.69 Å². The van der Waals surface area contributed by atoms with Gasteiger partial charge in [0.25, 0.3) is 0 Å². The highest BCUT2D eigenvalue weighted by atomic mass is 16.5. The molecule has 4 nitrogen and oxygen atoms in total. The predicted octanol–water partition coefficient (Wildman–Crippen LogP) is 3.47. The molecule has 0 bridgehead atoms. The Labute approximate surface area is 114 Å². The third kappa shape index (κ3) is 3.74. The van der Waals surface area contributed by atoms with E-state index in [0.717, 1.165) is 23.7 Å². The number of anilines is 1. The first-order chi connectivity index (χ1) is 9.19. The van der Waals surface area contributed by atoms with Gasteiger partial charge in [0, 0.05) is 17.9 Å². The molecule has 0 fully saturated rings. The van der Waals surface area contributed by atoms with Crippen LogP contribution in [0.4, 0.5) is 5.69 Å². The topological polar surface area (TPSA) is 39.1 Å². The molecule has 0 aliphatic heterocycles. The van der Waals surface area contributed by atoms with Crippen molar-refractivity contribution in [1.82, 2.24) is 9.78 Å². The van der Waals surface area contributed by atoms with E-state index < -0.39 is 0 Å². The van der Waals surface area contributed by atoms with E-state index in [4.69, 9.17) is 4.74 Å². The molecule has 0 atom stereocenters. The zero-order chi connectivity index (χ0) is 13.7. The van der Waals surface area contributed by atoms with E-state index in [2.05, 4.69) is 24.3 Å². The van der Waals surface area contributed by atoms with Crippen LogP contribution >= 0.6 is 0 Å². The number of nitrogens with zero attached hydrogens (tertiary/aromatic N) is 2. The van der Waals surface area contributed by atoms with Crippen molar-refractivity contribution in [3.63, 3.8) is 0 Å². The van der Waals surface area contributed by atoms with Crippen LogP contribution in [0.3, 0.4) is 0 Å². The molecule has 1 heterocycles. The van der Waals surface area contributed by atoms with Crippen molar-refractivity contribution in [1.29, 1.82) is 0 Å². The molecule has 2 aromatic rings. The molecule has 0 unspecified atom stereocenters. The molecule has 19 heavy (non-hydrogen) atoms. The zero-order valence-corrected chi connectivity index (χ0v) is 11.8. The highest BCUT2D eigenvalue weighted by Crippen LogP contribution is 2.16. The second-order valence-electron chi connectivity index (χ2n) is 4.69. The normalized spacial score (nSPS) is 10.7. The Kier molecular flexibility index (Phi) is 4.44. The van der Waals surface area contributed by atoms with Crippen molar-refractivity contribution < 1.29 is 4.74 Å². The van der Waals surface area contributed by atoms with Crippen molar-refractivity contribution in [3.05, 3.63) is 42.2 Å². The van der Waals surface area contributed by atoms with Crippen molar-refractivity contribution in [2.24, 2.45) is 0 Å². The Balaban J connectivity index is 1.90. The third-order valence-electron chi connectivity index (χ3n) is 2.83. The van der Waals surface area contributed by atoms with Gasteiger partial charge in [-0.2, -0.15) is 5.10 Å². The Morgan fingerprint density at radius 3 is 2.53 bits per heavy atom. The monoisotopic (exact) mass is 259 g/mol. The summed E-state index contributed by atoms with van der Waals surface area (Å²) in [5, 5.41) is 7.85. The van der Waals surface area contributed by atoms with Gasteiger partial charge in [-0.1, -0.05) is 0 Å². The predicted molar refractivity (Wildman–Crippen MR) is 77.5 cm³/mol. The summed E-state index contributed by atoms with van der Waals surface area (Å²) in [7, 11) is 0. The van der Waals surface area contributed by atoms with Crippen LogP contribution in [0.15, 0.2) is 36.5 Å². The molecular formula is C15H21N3O. The van der Waals surface area contributed by atoms with Gasteiger partial charge in [-0.05, 0) is 51.1 Å². The fourth-order valence-corrected chi connectivity index (χ4v) is 1.79. The summed E-state index contributed by atoms with van der Waals surface area (Å²) in [5.41, 5.74) is 2.12. The van der Waals surface area contributed by atoms with E-state index in [1.807, 2.05) is 48.1 Å². The lowest BCUT2D eigenvalue weighted by Crippen LogP contribution is -2.04. The van der Waals surface area contributed by atoms with Crippen LogP contribution in [0, 0.1) is 0 Å². The molecule has 2 rings (SSSR count). The molecule has 4 heteroatoms. The molecule has 0 aliphatic rings. The Hall–Kier alpha value is -1.97. The fraction of sp³-hybridized carbons (Fsp3) is 0.400. The lowest BCUT2D eigenvalue weighted by atomic mass is 10.3. The largest absolute Gasteiger partial charge is 0.494 e. The number of nitrogens with one attached hydrogen (secondary N) is 1. The molecule has 0 amide bonds. The number of hydrogen-bond acceptors (Lipinski definition) is 3. The Morgan fingerprint density at radius 2 is 1.95 bits per heavy atom. The van der Waals surface area contributed by atoms with Crippen LogP contribution < -0.4 is 10.1 Å². The maximum absolute atomic E-state index is 5.41. The van der Waals surface area contributed by atoms with E-state index in [0.29, 0.717) is 12.6 Å². The van der Waals surface area contributed by atoms with Crippen molar-refractivity contribution in [2.45, 2.75) is 33.4 Å². The molecule has 102 valence electrons. The zero-order valence-electron chi connectivity index (χ0n) is 11.8. The number of hydrogen-bond donors (Lipinski definition) is 1. The van der Waals surface area contributed by atoms with Gasteiger partial charge in [0.15, 0.2) is 0 Å². The average Bonchev–Trinajstić information content (AvgIpc) is 2.87. The third-order valence-corrected chi connectivity index (χ3v) is 2.83. The second-order valence-corrected chi connectivity index (χ2v) is 4.69. The lowest BCUT2D eigenvalue weighted by molar-refractivity contribution is 0.340. The molecule has 0 saturated heterocycles. The van der Waals surface area contributed by atoms with Crippen molar-refractivity contribution in [3.8, 4) is 5.75 Å².